The number of hydrogen-bond acceptors (Lipinski definition) is 3. The Balaban J connectivity index is 0.00000120. The van der Waals surface area contributed by atoms with Crippen molar-refractivity contribution in [2.75, 3.05) is 18.4 Å². The van der Waals surface area contributed by atoms with Crippen molar-refractivity contribution in [1.82, 2.24) is 14.7 Å². The van der Waals surface area contributed by atoms with Gasteiger partial charge < -0.3 is 15.0 Å². The maximum Gasteiger partial charge on any atom is 0.228 e. The number of carbonyl (C=O) groups is 1. The Morgan fingerprint density at radius 3 is 2.59 bits per heavy atom. The van der Waals surface area contributed by atoms with Crippen molar-refractivity contribution in [2.24, 2.45) is 11.3 Å². The van der Waals surface area contributed by atoms with Gasteiger partial charge >= 0.3 is 0 Å². The van der Waals surface area contributed by atoms with Crippen LogP contribution in [-0.4, -0.2) is 28.4 Å². The minimum absolute atomic E-state index is 0. The number of piperidine rings is 1. The van der Waals surface area contributed by atoms with Gasteiger partial charge in [0, 0.05) is 29.6 Å². The van der Waals surface area contributed by atoms with Crippen LogP contribution in [0.3, 0.4) is 0 Å². The summed E-state index contributed by atoms with van der Waals surface area (Å²) in [6.07, 6.45) is 7.34. The van der Waals surface area contributed by atoms with E-state index in [0.717, 1.165) is 60.5 Å². The zero-order valence-electron chi connectivity index (χ0n) is 16.4. The Hall–Kier alpha value is -2.08. The number of pyridine rings is 1. The molecule has 1 unspecified atom stereocenters. The van der Waals surface area contributed by atoms with E-state index in [0.29, 0.717) is 0 Å². The van der Waals surface area contributed by atoms with Crippen molar-refractivity contribution < 1.29 is 4.79 Å². The SMILES string of the molecule is Cc1cccn2cc(-c3ccc(NC(=O)C4CC45CCNCC5)cc3)nc12.Cl.Cl. The highest BCUT2D eigenvalue weighted by molar-refractivity contribution is 5.95. The average molecular weight is 433 g/mol. The molecule has 3 heterocycles. The number of halogens is 2. The molecule has 1 atom stereocenters. The molecule has 0 bridgehead atoms. The second-order valence-electron chi connectivity index (χ2n) is 7.98. The number of aromatic nitrogens is 2. The van der Waals surface area contributed by atoms with Crippen LogP contribution < -0.4 is 10.6 Å². The van der Waals surface area contributed by atoms with E-state index in [2.05, 4.69) is 23.6 Å². The van der Waals surface area contributed by atoms with E-state index < -0.39 is 0 Å². The molecule has 2 N–H and O–H groups in total. The molecule has 7 heteroatoms. The Morgan fingerprint density at radius 1 is 1.17 bits per heavy atom. The van der Waals surface area contributed by atoms with E-state index >= 15 is 0 Å². The van der Waals surface area contributed by atoms with Gasteiger partial charge in [0.1, 0.15) is 5.65 Å². The molecule has 1 aliphatic carbocycles. The van der Waals surface area contributed by atoms with E-state index in [1.54, 1.807) is 0 Å². The van der Waals surface area contributed by atoms with Crippen molar-refractivity contribution in [3.63, 3.8) is 0 Å². The lowest BCUT2D eigenvalue weighted by molar-refractivity contribution is -0.118. The zero-order valence-corrected chi connectivity index (χ0v) is 18.0. The molecule has 2 aliphatic rings. The summed E-state index contributed by atoms with van der Waals surface area (Å²) in [6, 6.07) is 12.1. The number of aryl methyl sites for hydroxylation is 1. The molecule has 2 aromatic heterocycles. The van der Waals surface area contributed by atoms with E-state index in [4.69, 9.17) is 4.98 Å². The molecule has 5 nitrogen and oxygen atoms in total. The molecular formula is C22H26Cl2N4O. The first-order valence-electron chi connectivity index (χ1n) is 9.71. The third-order valence-electron chi connectivity index (χ3n) is 6.23. The van der Waals surface area contributed by atoms with Gasteiger partial charge in [-0.15, -0.1) is 24.8 Å². The van der Waals surface area contributed by atoms with E-state index in [1.165, 1.54) is 0 Å². The van der Waals surface area contributed by atoms with Crippen molar-refractivity contribution in [3.05, 3.63) is 54.4 Å². The number of anilines is 1. The Bertz CT molecular complexity index is 1010. The van der Waals surface area contributed by atoms with Gasteiger partial charge in [0.25, 0.3) is 0 Å². The minimum atomic E-state index is 0. The van der Waals surface area contributed by atoms with Gasteiger partial charge in [-0.3, -0.25) is 4.79 Å². The first-order valence-corrected chi connectivity index (χ1v) is 9.71. The summed E-state index contributed by atoms with van der Waals surface area (Å²) < 4.78 is 2.05. The van der Waals surface area contributed by atoms with Crippen molar-refractivity contribution >= 4 is 42.1 Å². The number of carbonyl (C=O) groups excluding carboxylic acids is 1. The predicted octanol–water partition coefficient (Wildman–Crippen LogP) is 4.48. The van der Waals surface area contributed by atoms with E-state index in [9.17, 15) is 4.79 Å². The second kappa shape index (κ2) is 8.34. The number of nitrogens with zero attached hydrogens (tertiary/aromatic N) is 2. The summed E-state index contributed by atoms with van der Waals surface area (Å²) in [5.74, 6) is 0.355. The smallest absolute Gasteiger partial charge is 0.228 e. The number of hydrogen-bond donors (Lipinski definition) is 2. The fourth-order valence-corrected chi connectivity index (χ4v) is 4.44. The Labute approximate surface area is 183 Å². The number of benzene rings is 1. The number of nitrogens with one attached hydrogen (secondary N) is 2. The maximum atomic E-state index is 12.6. The van der Waals surface area contributed by atoms with Gasteiger partial charge in [-0.1, -0.05) is 18.2 Å². The van der Waals surface area contributed by atoms with Gasteiger partial charge in [0.05, 0.1) is 5.69 Å². The van der Waals surface area contributed by atoms with Gasteiger partial charge in [0.15, 0.2) is 0 Å². The first-order chi connectivity index (χ1) is 13.1. The van der Waals surface area contributed by atoms with Crippen LogP contribution in [0.2, 0.25) is 0 Å². The molecule has 1 saturated heterocycles. The van der Waals surface area contributed by atoms with Crippen molar-refractivity contribution in [3.8, 4) is 11.3 Å². The third-order valence-corrected chi connectivity index (χ3v) is 6.23. The lowest BCUT2D eigenvalue weighted by Crippen LogP contribution is -2.31. The Morgan fingerprint density at radius 2 is 1.90 bits per heavy atom. The van der Waals surface area contributed by atoms with Crippen LogP contribution in [0.25, 0.3) is 16.9 Å². The monoisotopic (exact) mass is 432 g/mol. The highest BCUT2D eigenvalue weighted by Gasteiger charge is 2.57. The van der Waals surface area contributed by atoms with Crippen LogP contribution in [0.5, 0.6) is 0 Å². The first kappa shape index (κ1) is 21.6. The molecule has 2 fully saturated rings. The maximum absolute atomic E-state index is 12.6. The molecular weight excluding hydrogens is 407 g/mol. The third kappa shape index (κ3) is 4.00. The molecule has 29 heavy (non-hydrogen) atoms. The number of fused-ring (bicyclic) bond motifs is 1. The van der Waals surface area contributed by atoms with E-state index in [1.807, 2.05) is 47.1 Å². The minimum Gasteiger partial charge on any atom is -0.326 e. The number of imidazole rings is 1. The van der Waals surface area contributed by atoms with Crippen LogP contribution in [0.4, 0.5) is 5.69 Å². The lowest BCUT2D eigenvalue weighted by Gasteiger charge is -2.23. The molecule has 1 saturated carbocycles. The van der Waals surface area contributed by atoms with Crippen LogP contribution in [0.15, 0.2) is 48.8 Å². The Kier molecular flexibility index (Phi) is 6.22. The second-order valence-corrected chi connectivity index (χ2v) is 7.98. The quantitative estimate of drug-likeness (QED) is 0.641. The summed E-state index contributed by atoms with van der Waals surface area (Å²) in [5, 5.41) is 6.49. The normalized spacial score (nSPS) is 19.3. The number of amides is 1. The summed E-state index contributed by atoms with van der Waals surface area (Å²) >= 11 is 0. The molecule has 1 aromatic carbocycles. The fourth-order valence-electron chi connectivity index (χ4n) is 4.44. The predicted molar refractivity (Wildman–Crippen MR) is 121 cm³/mol. The number of rotatable bonds is 3. The van der Waals surface area contributed by atoms with Gasteiger partial charge in [-0.2, -0.15) is 0 Å². The van der Waals surface area contributed by atoms with Crippen molar-refractivity contribution in [1.29, 1.82) is 0 Å². The largest absolute Gasteiger partial charge is 0.326 e. The summed E-state index contributed by atoms with van der Waals surface area (Å²) in [4.78, 5) is 17.3. The molecule has 1 spiro atoms. The van der Waals surface area contributed by atoms with Crippen molar-refractivity contribution in [2.45, 2.75) is 26.2 Å². The molecule has 0 radical (unpaired) electrons. The molecule has 1 amide bonds. The van der Waals surface area contributed by atoms with Gasteiger partial charge in [-0.05, 0) is 68.5 Å². The van der Waals surface area contributed by atoms with Gasteiger partial charge in [0.2, 0.25) is 5.91 Å². The summed E-state index contributed by atoms with van der Waals surface area (Å²) in [6.45, 7) is 4.14. The highest BCUT2D eigenvalue weighted by Crippen LogP contribution is 2.58. The standard InChI is InChI=1S/C22H24N4O.2ClH/c1-15-3-2-12-26-14-19(25-20(15)26)16-4-6-17(7-5-16)24-21(27)18-13-22(18)8-10-23-11-9-22;;/h2-7,12,14,18,23H,8-11,13H2,1H3,(H,24,27);2*1H. The van der Waals surface area contributed by atoms with Crippen LogP contribution in [0.1, 0.15) is 24.8 Å². The van der Waals surface area contributed by atoms with Crippen LogP contribution >= 0.6 is 24.8 Å². The molecule has 1 aliphatic heterocycles. The highest BCUT2D eigenvalue weighted by atomic mass is 35.5. The molecule has 5 rings (SSSR count). The van der Waals surface area contributed by atoms with Gasteiger partial charge in [-0.25, -0.2) is 4.98 Å². The van der Waals surface area contributed by atoms with E-state index in [-0.39, 0.29) is 42.1 Å². The lowest BCUT2D eigenvalue weighted by atomic mass is 9.92. The average Bonchev–Trinajstić information content (AvgIpc) is 3.18. The molecule has 154 valence electrons. The zero-order chi connectivity index (χ0) is 18.4. The fraction of sp³-hybridized carbons (Fsp3) is 0.364. The molecule has 3 aromatic rings. The van der Waals surface area contributed by atoms with Crippen LogP contribution in [-0.2, 0) is 4.79 Å². The summed E-state index contributed by atoms with van der Waals surface area (Å²) in [5.41, 5.74) is 5.26. The summed E-state index contributed by atoms with van der Waals surface area (Å²) in [7, 11) is 0. The topological polar surface area (TPSA) is 58.4 Å². The van der Waals surface area contributed by atoms with Crippen LogP contribution in [0, 0.1) is 18.3 Å².